The fraction of sp³-hybridized carbons (Fsp3) is 0.405. The first-order valence-electron chi connectivity index (χ1n) is 16.4. The molecule has 4 N–H and O–H groups in total. The van der Waals surface area contributed by atoms with Gasteiger partial charge in [-0.15, -0.1) is 0 Å². The number of nitrogens with one attached hydrogen (secondary N) is 1. The molecule has 3 aromatic carbocycles. The van der Waals surface area contributed by atoms with E-state index in [9.17, 15) is 24.9 Å². The summed E-state index contributed by atoms with van der Waals surface area (Å²) in [6.45, 7) is 4.32. The lowest BCUT2D eigenvalue weighted by atomic mass is 10.1. The number of rotatable bonds is 20. The lowest BCUT2D eigenvalue weighted by Crippen LogP contribution is -2.23. The van der Waals surface area contributed by atoms with E-state index in [2.05, 4.69) is 5.32 Å². The predicted octanol–water partition coefficient (Wildman–Crippen LogP) is 5.38. The maximum absolute atomic E-state index is 13.0. The van der Waals surface area contributed by atoms with Gasteiger partial charge in [-0.2, -0.15) is 0 Å². The number of nitrogens with zero attached hydrogens (tertiary/aromatic N) is 2. The lowest BCUT2D eigenvalue weighted by molar-refractivity contribution is -0.142. The lowest BCUT2D eigenvalue weighted by Gasteiger charge is -2.14. The van der Waals surface area contributed by atoms with Crippen LogP contribution in [0, 0.1) is 0 Å². The fourth-order valence-electron chi connectivity index (χ4n) is 5.37. The summed E-state index contributed by atoms with van der Waals surface area (Å²) < 4.78 is 13.6. The summed E-state index contributed by atoms with van der Waals surface area (Å²) >= 11 is 0. The van der Waals surface area contributed by atoms with Crippen molar-refractivity contribution < 1.29 is 29.6 Å². The minimum atomic E-state index is -0.722. The van der Waals surface area contributed by atoms with Gasteiger partial charge in [-0.25, -0.2) is 9.36 Å². The van der Waals surface area contributed by atoms with Crippen LogP contribution in [0.25, 0.3) is 5.69 Å². The molecule has 0 fully saturated rings. The number of imidazole rings is 1. The highest BCUT2D eigenvalue weighted by atomic mass is 16.5. The monoisotopic (exact) mass is 645 g/mol. The number of aliphatic hydroxyl groups excluding tert-OH is 1. The Morgan fingerprint density at radius 3 is 2.40 bits per heavy atom. The average molecular weight is 646 g/mol. The van der Waals surface area contributed by atoms with Gasteiger partial charge in [0.1, 0.15) is 12.4 Å². The molecule has 1 heterocycles. The standard InChI is InChI=1S/C37H47N3O7/c1-28(41)47-27-32-23-31(17-18-34(32)42)35(43)24-38-19-8-2-3-9-20-46-21-10-7-12-29-15-11-16-33(22-29)40-36(44)26-39(37(40)45)25-30-13-5-4-6-14-30/h4-6,11,13-18,22-23,26,35,38,42-44H,2-3,7-10,12,19-21,24-25,27H2,1H3/t35-/m0/s1. The Kier molecular flexibility index (Phi) is 14.1. The van der Waals surface area contributed by atoms with Gasteiger partial charge in [0.25, 0.3) is 0 Å². The second-order valence-corrected chi connectivity index (χ2v) is 11.8. The van der Waals surface area contributed by atoms with Gasteiger partial charge in [-0.3, -0.25) is 9.36 Å². The van der Waals surface area contributed by atoms with Crippen molar-refractivity contribution in [1.29, 1.82) is 0 Å². The minimum Gasteiger partial charge on any atom is -0.508 e. The Bertz CT molecular complexity index is 1600. The summed E-state index contributed by atoms with van der Waals surface area (Å²) in [7, 11) is 0. The molecule has 0 aliphatic heterocycles. The summed E-state index contributed by atoms with van der Waals surface area (Å²) in [4.78, 5) is 24.1. The van der Waals surface area contributed by atoms with E-state index in [1.54, 1.807) is 12.1 Å². The van der Waals surface area contributed by atoms with Crippen molar-refractivity contribution in [3.05, 3.63) is 112 Å². The highest BCUT2D eigenvalue weighted by molar-refractivity contribution is 5.66. The van der Waals surface area contributed by atoms with Gasteiger partial charge < -0.3 is 30.1 Å². The van der Waals surface area contributed by atoms with Crippen LogP contribution in [-0.4, -0.2) is 56.7 Å². The van der Waals surface area contributed by atoms with Crippen LogP contribution >= 0.6 is 0 Å². The number of carbonyl (C=O) groups excluding carboxylic acids is 1. The zero-order valence-corrected chi connectivity index (χ0v) is 27.1. The number of hydrogen-bond acceptors (Lipinski definition) is 8. The Morgan fingerprint density at radius 2 is 1.62 bits per heavy atom. The number of ether oxygens (including phenoxy) is 2. The first-order valence-corrected chi connectivity index (χ1v) is 16.4. The largest absolute Gasteiger partial charge is 0.508 e. The molecule has 0 radical (unpaired) electrons. The summed E-state index contributed by atoms with van der Waals surface area (Å²) in [5.74, 6) is -0.472. The topological polar surface area (TPSA) is 135 Å². The number of aromatic nitrogens is 2. The third kappa shape index (κ3) is 11.4. The highest BCUT2D eigenvalue weighted by Crippen LogP contribution is 2.23. The van der Waals surface area contributed by atoms with Gasteiger partial charge >= 0.3 is 11.7 Å². The van der Waals surface area contributed by atoms with E-state index < -0.39 is 12.1 Å². The van der Waals surface area contributed by atoms with Gasteiger partial charge in [-0.1, -0.05) is 61.4 Å². The van der Waals surface area contributed by atoms with Crippen LogP contribution in [0.1, 0.15) is 73.8 Å². The third-order valence-electron chi connectivity index (χ3n) is 7.96. The van der Waals surface area contributed by atoms with E-state index in [1.165, 1.54) is 28.3 Å². The molecule has 47 heavy (non-hydrogen) atoms. The van der Waals surface area contributed by atoms with Gasteiger partial charge in [0, 0.05) is 32.2 Å². The number of aliphatic hydroxyl groups is 1. The molecule has 0 aliphatic rings. The van der Waals surface area contributed by atoms with Gasteiger partial charge in [0.2, 0.25) is 5.88 Å². The molecule has 0 bridgehead atoms. The number of phenols is 1. The molecular weight excluding hydrogens is 598 g/mol. The van der Waals surface area contributed by atoms with Gasteiger partial charge in [-0.05, 0) is 79.6 Å². The van der Waals surface area contributed by atoms with E-state index in [0.29, 0.717) is 36.5 Å². The molecule has 10 nitrogen and oxygen atoms in total. The molecule has 10 heteroatoms. The Labute approximate surface area is 276 Å². The van der Waals surface area contributed by atoms with Crippen LogP contribution in [0.15, 0.2) is 83.8 Å². The van der Waals surface area contributed by atoms with Crippen LogP contribution in [0.5, 0.6) is 11.6 Å². The molecule has 4 aromatic rings. The van der Waals surface area contributed by atoms with Crippen molar-refractivity contribution >= 4 is 5.97 Å². The highest BCUT2D eigenvalue weighted by Gasteiger charge is 2.14. The van der Waals surface area contributed by atoms with Crippen molar-refractivity contribution in [3.63, 3.8) is 0 Å². The molecule has 0 saturated heterocycles. The Balaban J connectivity index is 1.04. The van der Waals surface area contributed by atoms with E-state index in [4.69, 9.17) is 9.47 Å². The summed E-state index contributed by atoms with van der Waals surface area (Å²) in [5, 5.41) is 34.2. The molecule has 0 amide bonds. The molecule has 1 atom stereocenters. The van der Waals surface area contributed by atoms with Crippen molar-refractivity contribution in [2.24, 2.45) is 0 Å². The number of unbranched alkanes of at least 4 members (excludes halogenated alkanes) is 4. The number of esters is 1. The fourth-order valence-corrected chi connectivity index (χ4v) is 5.37. The average Bonchev–Trinajstić information content (AvgIpc) is 3.34. The molecule has 0 spiro atoms. The van der Waals surface area contributed by atoms with Crippen molar-refractivity contribution in [3.8, 4) is 17.3 Å². The normalized spacial score (nSPS) is 11.9. The molecule has 0 saturated carbocycles. The number of carbonyl (C=O) groups is 1. The quantitative estimate of drug-likeness (QED) is 0.0743. The first-order chi connectivity index (χ1) is 22.8. The first kappa shape index (κ1) is 35.5. The van der Waals surface area contributed by atoms with Crippen LogP contribution in [0.4, 0.5) is 0 Å². The summed E-state index contributed by atoms with van der Waals surface area (Å²) in [6.07, 6.45) is 7.69. The van der Waals surface area contributed by atoms with Crippen molar-refractivity contribution in [2.75, 3.05) is 26.3 Å². The zero-order valence-electron chi connectivity index (χ0n) is 27.1. The van der Waals surface area contributed by atoms with Crippen LogP contribution in [-0.2, 0) is 33.8 Å². The second-order valence-electron chi connectivity index (χ2n) is 11.8. The van der Waals surface area contributed by atoms with E-state index in [0.717, 1.165) is 69.2 Å². The zero-order chi connectivity index (χ0) is 33.4. The van der Waals surface area contributed by atoms with Gasteiger partial charge in [0.15, 0.2) is 0 Å². The minimum absolute atomic E-state index is 0.0309. The van der Waals surface area contributed by atoms with Crippen molar-refractivity contribution in [2.45, 2.75) is 71.1 Å². The summed E-state index contributed by atoms with van der Waals surface area (Å²) in [6, 6.07) is 22.3. The predicted molar refractivity (Wildman–Crippen MR) is 181 cm³/mol. The molecule has 252 valence electrons. The molecular formula is C37H47N3O7. The van der Waals surface area contributed by atoms with Crippen LogP contribution < -0.4 is 11.0 Å². The number of aryl methyl sites for hydroxylation is 1. The van der Waals surface area contributed by atoms with E-state index >= 15 is 0 Å². The number of phenolic OH excluding ortho intramolecular Hbond substituents is 1. The summed E-state index contributed by atoms with van der Waals surface area (Å²) in [5.41, 5.74) is 3.61. The van der Waals surface area contributed by atoms with Crippen molar-refractivity contribution in [1.82, 2.24) is 14.5 Å². The number of benzene rings is 3. The maximum Gasteiger partial charge on any atom is 0.336 e. The Morgan fingerprint density at radius 1 is 0.872 bits per heavy atom. The number of hydrogen-bond donors (Lipinski definition) is 4. The molecule has 1 aromatic heterocycles. The molecule has 4 rings (SSSR count). The van der Waals surface area contributed by atoms with Gasteiger partial charge in [0.05, 0.1) is 24.5 Å². The Hall–Kier alpha value is -4.38. The van der Waals surface area contributed by atoms with E-state index in [-0.39, 0.29) is 23.9 Å². The second kappa shape index (κ2) is 18.7. The molecule has 0 aliphatic carbocycles. The SMILES string of the molecule is CC(=O)OCc1cc([C@@H](O)CNCCCCCCOCCCCc2cccc(-n3c(O)cn(Cc4ccccc4)c3=O)c2)ccc1O. The number of aromatic hydroxyl groups is 2. The smallest absolute Gasteiger partial charge is 0.336 e. The maximum atomic E-state index is 13.0. The van der Waals surface area contributed by atoms with E-state index in [1.807, 2.05) is 54.6 Å². The molecule has 0 unspecified atom stereocenters. The third-order valence-corrected chi connectivity index (χ3v) is 7.96. The van der Waals surface area contributed by atoms with Crippen LogP contribution in [0.3, 0.4) is 0 Å². The van der Waals surface area contributed by atoms with Crippen LogP contribution in [0.2, 0.25) is 0 Å².